The smallest absolute Gasteiger partial charge is 0.148 e. The molecule has 0 aliphatic carbocycles. The monoisotopic (exact) mass is 288 g/mol. The third kappa shape index (κ3) is 1.99. The van der Waals surface area contributed by atoms with Gasteiger partial charge >= 0.3 is 0 Å². The summed E-state index contributed by atoms with van der Waals surface area (Å²) in [4.78, 5) is 4.64. The third-order valence-electron chi connectivity index (χ3n) is 3.69. The highest BCUT2D eigenvalue weighted by Gasteiger charge is 2.16. The van der Waals surface area contributed by atoms with Crippen molar-refractivity contribution in [2.45, 2.75) is 0 Å². The molecule has 106 valence electrons. The number of imidazole rings is 1. The van der Waals surface area contributed by atoms with E-state index < -0.39 is 0 Å². The summed E-state index contributed by atoms with van der Waals surface area (Å²) in [6, 6.07) is 24.5. The van der Waals surface area contributed by atoms with E-state index >= 15 is 0 Å². The molecule has 2 nitrogen and oxygen atoms in total. The lowest BCUT2D eigenvalue weighted by molar-refractivity contribution is 0.629. The van der Waals surface area contributed by atoms with Gasteiger partial charge in [0.1, 0.15) is 11.6 Å². The molecule has 0 fully saturated rings. The SMILES string of the molecule is Fc1ccccc1-c1nc2ccccc2n1-c1ccccc1. The molecule has 0 aliphatic rings. The Morgan fingerprint density at radius 1 is 0.727 bits per heavy atom. The zero-order chi connectivity index (χ0) is 14.9. The van der Waals surface area contributed by atoms with Crippen molar-refractivity contribution in [1.82, 2.24) is 9.55 Å². The molecule has 0 radical (unpaired) electrons. The van der Waals surface area contributed by atoms with Crippen molar-refractivity contribution < 1.29 is 4.39 Å². The minimum atomic E-state index is -0.269. The Balaban J connectivity index is 2.09. The third-order valence-corrected chi connectivity index (χ3v) is 3.69. The number of benzene rings is 3. The van der Waals surface area contributed by atoms with Crippen molar-refractivity contribution >= 4 is 11.0 Å². The van der Waals surface area contributed by atoms with E-state index in [0.29, 0.717) is 11.4 Å². The predicted molar refractivity (Wildman–Crippen MR) is 86.5 cm³/mol. The molecule has 3 aromatic carbocycles. The van der Waals surface area contributed by atoms with E-state index in [2.05, 4.69) is 4.98 Å². The molecule has 22 heavy (non-hydrogen) atoms. The maximum atomic E-state index is 14.2. The van der Waals surface area contributed by atoms with Gasteiger partial charge in [-0.2, -0.15) is 0 Å². The van der Waals surface area contributed by atoms with Crippen LogP contribution in [0, 0.1) is 5.82 Å². The van der Waals surface area contributed by atoms with Gasteiger partial charge in [0.05, 0.1) is 16.6 Å². The molecule has 1 heterocycles. The number of hydrogen-bond donors (Lipinski definition) is 0. The second-order valence-corrected chi connectivity index (χ2v) is 5.07. The Labute approximate surface area is 127 Å². The molecule has 4 aromatic rings. The average molecular weight is 288 g/mol. The Kier molecular flexibility index (Phi) is 2.97. The minimum Gasteiger partial charge on any atom is -0.292 e. The summed E-state index contributed by atoms with van der Waals surface area (Å²) < 4.78 is 16.2. The van der Waals surface area contributed by atoms with Crippen LogP contribution in [-0.4, -0.2) is 9.55 Å². The zero-order valence-corrected chi connectivity index (χ0v) is 11.8. The van der Waals surface area contributed by atoms with E-state index in [4.69, 9.17) is 0 Å². The molecule has 0 saturated heterocycles. The van der Waals surface area contributed by atoms with E-state index in [-0.39, 0.29) is 5.82 Å². The largest absolute Gasteiger partial charge is 0.292 e. The van der Waals surface area contributed by atoms with Crippen molar-refractivity contribution in [3.05, 3.63) is 84.7 Å². The van der Waals surface area contributed by atoms with Gasteiger partial charge in [0.25, 0.3) is 0 Å². The Bertz CT molecular complexity index is 942. The van der Waals surface area contributed by atoms with Crippen LogP contribution in [0.4, 0.5) is 4.39 Å². The molecular formula is C19H13FN2. The molecule has 0 bridgehead atoms. The lowest BCUT2D eigenvalue weighted by atomic mass is 10.2. The molecule has 3 heteroatoms. The van der Waals surface area contributed by atoms with Crippen LogP contribution in [0.25, 0.3) is 28.1 Å². The molecule has 0 unspecified atom stereocenters. The van der Waals surface area contributed by atoms with Crippen molar-refractivity contribution in [2.24, 2.45) is 0 Å². The average Bonchev–Trinajstić information content (AvgIpc) is 2.95. The highest BCUT2D eigenvalue weighted by atomic mass is 19.1. The van der Waals surface area contributed by atoms with Crippen LogP contribution >= 0.6 is 0 Å². The molecule has 0 spiro atoms. The summed E-state index contributed by atoms with van der Waals surface area (Å²) in [6.07, 6.45) is 0. The number of nitrogens with zero attached hydrogens (tertiary/aromatic N) is 2. The van der Waals surface area contributed by atoms with Crippen LogP contribution < -0.4 is 0 Å². The first-order chi connectivity index (χ1) is 10.8. The van der Waals surface area contributed by atoms with E-state index in [0.717, 1.165) is 16.7 Å². The molecule has 0 aliphatic heterocycles. The molecule has 1 aromatic heterocycles. The fourth-order valence-electron chi connectivity index (χ4n) is 2.69. The lowest BCUT2D eigenvalue weighted by Crippen LogP contribution is -1.98. The fraction of sp³-hybridized carbons (Fsp3) is 0. The number of rotatable bonds is 2. The summed E-state index contributed by atoms with van der Waals surface area (Å²) in [5.74, 6) is 0.348. The van der Waals surface area contributed by atoms with Crippen LogP contribution in [-0.2, 0) is 0 Å². The Morgan fingerprint density at radius 3 is 2.23 bits per heavy atom. The van der Waals surface area contributed by atoms with Gasteiger partial charge < -0.3 is 0 Å². The summed E-state index contributed by atoms with van der Waals surface area (Å²) in [5, 5.41) is 0. The topological polar surface area (TPSA) is 17.8 Å². The van der Waals surface area contributed by atoms with Crippen LogP contribution in [0.2, 0.25) is 0 Å². The Hall–Kier alpha value is -2.94. The number of hydrogen-bond acceptors (Lipinski definition) is 1. The van der Waals surface area contributed by atoms with E-state index in [9.17, 15) is 4.39 Å². The number of para-hydroxylation sites is 3. The van der Waals surface area contributed by atoms with Crippen LogP contribution in [0.3, 0.4) is 0 Å². The highest BCUT2D eigenvalue weighted by molar-refractivity contribution is 5.83. The van der Waals surface area contributed by atoms with Crippen LogP contribution in [0.15, 0.2) is 78.9 Å². The second-order valence-electron chi connectivity index (χ2n) is 5.07. The molecular weight excluding hydrogens is 275 g/mol. The van der Waals surface area contributed by atoms with Gasteiger partial charge in [-0.25, -0.2) is 9.37 Å². The standard InChI is InChI=1S/C19H13FN2/c20-16-11-5-4-10-15(16)19-21-17-12-6-7-13-18(17)22(19)14-8-2-1-3-9-14/h1-13H. The van der Waals surface area contributed by atoms with E-state index in [1.807, 2.05) is 65.2 Å². The number of halogens is 1. The molecule has 0 amide bonds. The number of aromatic nitrogens is 2. The van der Waals surface area contributed by atoms with Crippen LogP contribution in [0.5, 0.6) is 0 Å². The zero-order valence-electron chi connectivity index (χ0n) is 11.8. The van der Waals surface area contributed by atoms with Gasteiger partial charge in [-0.1, -0.05) is 42.5 Å². The molecule has 0 N–H and O–H groups in total. The predicted octanol–water partition coefficient (Wildman–Crippen LogP) is 4.83. The van der Waals surface area contributed by atoms with Gasteiger partial charge in [0, 0.05) is 5.69 Å². The summed E-state index contributed by atoms with van der Waals surface area (Å²) in [5.41, 5.74) is 3.29. The van der Waals surface area contributed by atoms with Gasteiger partial charge in [-0.3, -0.25) is 4.57 Å². The fourth-order valence-corrected chi connectivity index (χ4v) is 2.69. The van der Waals surface area contributed by atoms with E-state index in [1.165, 1.54) is 6.07 Å². The summed E-state index contributed by atoms with van der Waals surface area (Å²) >= 11 is 0. The van der Waals surface area contributed by atoms with Gasteiger partial charge in [-0.15, -0.1) is 0 Å². The first-order valence-electron chi connectivity index (χ1n) is 7.12. The van der Waals surface area contributed by atoms with E-state index in [1.54, 1.807) is 12.1 Å². The van der Waals surface area contributed by atoms with Gasteiger partial charge in [-0.05, 0) is 36.4 Å². The van der Waals surface area contributed by atoms with Crippen molar-refractivity contribution in [3.63, 3.8) is 0 Å². The maximum absolute atomic E-state index is 14.2. The molecule has 0 atom stereocenters. The lowest BCUT2D eigenvalue weighted by Gasteiger charge is -2.09. The normalized spacial score (nSPS) is 11.0. The van der Waals surface area contributed by atoms with Crippen molar-refractivity contribution in [1.29, 1.82) is 0 Å². The van der Waals surface area contributed by atoms with Gasteiger partial charge in [0.15, 0.2) is 0 Å². The minimum absolute atomic E-state index is 0.269. The first-order valence-corrected chi connectivity index (χ1v) is 7.12. The van der Waals surface area contributed by atoms with Crippen LogP contribution in [0.1, 0.15) is 0 Å². The van der Waals surface area contributed by atoms with Crippen molar-refractivity contribution in [2.75, 3.05) is 0 Å². The summed E-state index contributed by atoms with van der Waals surface area (Å²) in [7, 11) is 0. The summed E-state index contributed by atoms with van der Waals surface area (Å²) in [6.45, 7) is 0. The quantitative estimate of drug-likeness (QED) is 0.516. The number of fused-ring (bicyclic) bond motifs is 1. The Morgan fingerprint density at radius 2 is 1.41 bits per heavy atom. The van der Waals surface area contributed by atoms with Crippen molar-refractivity contribution in [3.8, 4) is 17.1 Å². The van der Waals surface area contributed by atoms with Gasteiger partial charge in [0.2, 0.25) is 0 Å². The molecule has 0 saturated carbocycles. The highest BCUT2D eigenvalue weighted by Crippen LogP contribution is 2.29. The maximum Gasteiger partial charge on any atom is 0.148 e. The molecule has 4 rings (SSSR count). The first kappa shape index (κ1) is 12.8. The second kappa shape index (κ2) is 5.11.